The Bertz CT molecular complexity index is 1190. The summed E-state index contributed by atoms with van der Waals surface area (Å²) in [4.78, 5) is 17.7. The summed E-state index contributed by atoms with van der Waals surface area (Å²) in [6, 6.07) is 26.2. The first-order valence-electron chi connectivity index (χ1n) is 10.5. The molecule has 0 fully saturated rings. The van der Waals surface area contributed by atoms with E-state index in [2.05, 4.69) is 11.1 Å². The van der Waals surface area contributed by atoms with Gasteiger partial charge in [-0.05, 0) is 36.4 Å². The smallest absolute Gasteiger partial charge is 0.263 e. The van der Waals surface area contributed by atoms with E-state index in [-0.39, 0.29) is 5.56 Å². The summed E-state index contributed by atoms with van der Waals surface area (Å²) >= 11 is 0. The second kappa shape index (κ2) is 11.9. The number of hydrogen-bond donors (Lipinski definition) is 0. The molecule has 0 aliphatic heterocycles. The van der Waals surface area contributed by atoms with E-state index in [1.165, 1.54) is 0 Å². The molecule has 4 aromatic rings. The number of hydrogen-bond acceptors (Lipinski definition) is 3. The van der Waals surface area contributed by atoms with Gasteiger partial charge in [0.2, 0.25) is 0 Å². The highest BCUT2D eigenvalue weighted by Gasteiger charge is 2.14. The second-order valence-electron chi connectivity index (χ2n) is 6.03. The van der Waals surface area contributed by atoms with Gasteiger partial charge < -0.3 is 0 Å². The molecule has 0 saturated heterocycles. The molecule has 2 aromatic heterocycles. The van der Waals surface area contributed by atoms with E-state index in [0.717, 1.165) is 16.9 Å². The third-order valence-corrected chi connectivity index (χ3v) is 4.35. The number of pyridine rings is 2. The summed E-state index contributed by atoms with van der Waals surface area (Å²) in [6.07, 6.45) is 3.51. The molecule has 2 aromatic carbocycles. The highest BCUT2D eigenvalue weighted by atomic mass is 16.1. The van der Waals surface area contributed by atoms with Crippen LogP contribution in [0.3, 0.4) is 0 Å². The van der Waals surface area contributed by atoms with Crippen LogP contribution in [0.15, 0.2) is 96.1 Å². The normalized spacial score (nSPS) is 9.39. The first-order chi connectivity index (χ1) is 15.3. The molecule has 4 nitrogen and oxygen atoms in total. The van der Waals surface area contributed by atoms with Gasteiger partial charge in [-0.15, -0.1) is 0 Å². The lowest BCUT2D eigenvalue weighted by Gasteiger charge is -2.13. The van der Waals surface area contributed by atoms with Crippen molar-refractivity contribution in [3.63, 3.8) is 0 Å². The van der Waals surface area contributed by atoms with Crippen LogP contribution in [0.1, 0.15) is 33.3 Å². The van der Waals surface area contributed by atoms with Crippen molar-refractivity contribution in [2.75, 3.05) is 0 Å². The van der Waals surface area contributed by atoms with Gasteiger partial charge in [0.05, 0.1) is 17.3 Å². The van der Waals surface area contributed by atoms with E-state index in [1.54, 1.807) is 41.2 Å². The van der Waals surface area contributed by atoms with Crippen molar-refractivity contribution in [3.05, 3.63) is 107 Å². The monoisotopic (exact) mass is 409 g/mol. The maximum Gasteiger partial charge on any atom is 0.263 e. The van der Waals surface area contributed by atoms with Crippen LogP contribution < -0.4 is 5.56 Å². The van der Waals surface area contributed by atoms with Crippen LogP contribution in [0.4, 0.5) is 0 Å². The van der Waals surface area contributed by atoms with Crippen molar-refractivity contribution in [1.29, 1.82) is 5.26 Å². The fourth-order valence-corrected chi connectivity index (χ4v) is 3.04. The van der Waals surface area contributed by atoms with E-state index >= 15 is 0 Å². The van der Waals surface area contributed by atoms with Crippen molar-refractivity contribution < 1.29 is 0 Å². The maximum atomic E-state index is 13.3. The summed E-state index contributed by atoms with van der Waals surface area (Å²) in [6.45, 7) is 8.00. The highest BCUT2D eigenvalue weighted by Crippen LogP contribution is 2.26. The van der Waals surface area contributed by atoms with E-state index in [4.69, 9.17) is 0 Å². The average Bonchev–Trinajstić information content (AvgIpc) is 2.87. The van der Waals surface area contributed by atoms with Gasteiger partial charge in [0.1, 0.15) is 0 Å². The van der Waals surface area contributed by atoms with Crippen molar-refractivity contribution in [3.8, 4) is 34.1 Å². The van der Waals surface area contributed by atoms with Gasteiger partial charge in [0.15, 0.2) is 0 Å². The molecule has 31 heavy (non-hydrogen) atoms. The van der Waals surface area contributed by atoms with E-state index < -0.39 is 0 Å². The number of rotatable bonds is 3. The van der Waals surface area contributed by atoms with Crippen LogP contribution in [0.2, 0.25) is 0 Å². The molecule has 0 atom stereocenters. The average molecular weight is 410 g/mol. The van der Waals surface area contributed by atoms with Crippen LogP contribution >= 0.6 is 0 Å². The molecule has 2 heterocycles. The van der Waals surface area contributed by atoms with Crippen molar-refractivity contribution >= 4 is 0 Å². The molecule has 0 spiro atoms. The molecule has 0 unspecified atom stereocenters. The van der Waals surface area contributed by atoms with E-state index in [1.807, 2.05) is 82.3 Å². The van der Waals surface area contributed by atoms with Crippen LogP contribution in [-0.2, 0) is 0 Å². The van der Waals surface area contributed by atoms with Gasteiger partial charge in [-0.1, -0.05) is 70.2 Å². The van der Waals surface area contributed by atoms with Crippen LogP contribution in [0.25, 0.3) is 28.1 Å². The molecule has 0 radical (unpaired) electrons. The van der Waals surface area contributed by atoms with Crippen LogP contribution in [0, 0.1) is 11.3 Å². The first kappa shape index (κ1) is 23.3. The first-order valence-corrected chi connectivity index (χ1v) is 10.5. The third kappa shape index (κ3) is 5.34. The van der Waals surface area contributed by atoms with Gasteiger partial charge in [-0.25, -0.2) is 0 Å². The Balaban J connectivity index is 0.000000807. The number of nitriles is 1. The molecule has 0 aliphatic carbocycles. The third-order valence-electron chi connectivity index (χ3n) is 4.35. The second-order valence-corrected chi connectivity index (χ2v) is 6.03. The summed E-state index contributed by atoms with van der Waals surface area (Å²) in [5.74, 6) is 0. The predicted molar refractivity (Wildman–Crippen MR) is 128 cm³/mol. The molecule has 4 rings (SSSR count). The maximum absolute atomic E-state index is 13.3. The van der Waals surface area contributed by atoms with Gasteiger partial charge >= 0.3 is 0 Å². The minimum Gasteiger partial charge on any atom is -0.283 e. The number of benzene rings is 2. The fraction of sp³-hybridized carbons (Fsp3) is 0.148. The topological polar surface area (TPSA) is 58.7 Å². The lowest BCUT2D eigenvalue weighted by atomic mass is 9.99. The lowest BCUT2D eigenvalue weighted by molar-refractivity contribution is 0.993. The predicted octanol–water partition coefficient (Wildman–Crippen LogP) is 6.49. The zero-order valence-corrected chi connectivity index (χ0v) is 18.4. The Morgan fingerprint density at radius 1 is 0.806 bits per heavy atom. The molecule has 4 heteroatoms. The van der Waals surface area contributed by atoms with Crippen molar-refractivity contribution in [2.24, 2.45) is 0 Å². The van der Waals surface area contributed by atoms with Gasteiger partial charge in [0, 0.05) is 34.8 Å². The summed E-state index contributed by atoms with van der Waals surface area (Å²) in [7, 11) is 0. The van der Waals surface area contributed by atoms with Crippen LogP contribution in [0.5, 0.6) is 0 Å². The SMILES string of the molecule is CC.CC.N#Cc1ccccc1-c1cc(-c2ccccn2)cn(-c2ccccc2)c1=O. The molecule has 0 aliphatic rings. The summed E-state index contributed by atoms with van der Waals surface area (Å²) in [5, 5.41) is 9.47. The van der Waals surface area contributed by atoms with Crippen molar-refractivity contribution in [2.45, 2.75) is 27.7 Å². The van der Waals surface area contributed by atoms with Gasteiger partial charge in [-0.2, -0.15) is 5.26 Å². The largest absolute Gasteiger partial charge is 0.283 e. The Kier molecular flexibility index (Phi) is 8.94. The van der Waals surface area contributed by atoms with Crippen molar-refractivity contribution in [1.82, 2.24) is 9.55 Å². The molecule has 0 amide bonds. The number of nitrogens with zero attached hydrogens (tertiary/aromatic N) is 3. The Morgan fingerprint density at radius 3 is 2.10 bits per heavy atom. The number of aromatic nitrogens is 2. The molecular weight excluding hydrogens is 382 g/mol. The quantitative estimate of drug-likeness (QED) is 0.388. The Labute approximate surface area is 184 Å². The molecule has 0 saturated carbocycles. The Hall–Kier alpha value is -3.97. The summed E-state index contributed by atoms with van der Waals surface area (Å²) in [5.41, 5.74) is 3.71. The van der Waals surface area contributed by atoms with Gasteiger partial charge in [0.25, 0.3) is 5.56 Å². The zero-order chi connectivity index (χ0) is 22.6. The standard InChI is InChI=1S/C23H15N3O.2C2H6/c24-15-17-8-4-5-11-20(17)21-14-18(22-12-6-7-13-25-22)16-26(23(21)27)19-9-2-1-3-10-19;2*1-2/h1-14,16H;2*1-2H3. The Morgan fingerprint density at radius 2 is 1.45 bits per heavy atom. The highest BCUT2D eigenvalue weighted by molar-refractivity contribution is 5.74. The molecule has 0 N–H and O–H groups in total. The van der Waals surface area contributed by atoms with Gasteiger partial charge in [-0.3, -0.25) is 14.3 Å². The molecular formula is C27H27N3O. The molecule has 0 bridgehead atoms. The fourth-order valence-electron chi connectivity index (χ4n) is 3.04. The zero-order valence-electron chi connectivity index (χ0n) is 18.4. The number of para-hydroxylation sites is 1. The lowest BCUT2D eigenvalue weighted by Crippen LogP contribution is -2.20. The van der Waals surface area contributed by atoms with Crippen LogP contribution in [-0.4, -0.2) is 9.55 Å². The minimum absolute atomic E-state index is 0.177. The molecule has 156 valence electrons. The minimum atomic E-state index is -0.177. The van der Waals surface area contributed by atoms with E-state index in [9.17, 15) is 10.1 Å². The summed E-state index contributed by atoms with van der Waals surface area (Å²) < 4.78 is 1.60. The van der Waals surface area contributed by atoms with E-state index in [0.29, 0.717) is 16.7 Å².